The fourth-order valence-electron chi connectivity index (χ4n) is 4.26. The number of rotatable bonds is 5. The highest BCUT2D eigenvalue weighted by atomic mass is 32.2. The zero-order valence-electron chi connectivity index (χ0n) is 15.4. The predicted octanol–water partition coefficient (Wildman–Crippen LogP) is 4.13. The van der Waals surface area contributed by atoms with Gasteiger partial charge in [-0.3, -0.25) is 0 Å². The zero-order valence-corrected chi connectivity index (χ0v) is 16.3. The van der Waals surface area contributed by atoms with Gasteiger partial charge in [-0.1, -0.05) is 50.2 Å². The first-order valence-corrected chi connectivity index (χ1v) is 10.7. The normalized spacial score (nSPS) is 16.0. The number of hydrogen-bond acceptors (Lipinski definition) is 3. The van der Waals surface area contributed by atoms with Crippen molar-refractivity contribution < 1.29 is 8.42 Å². The Hall–Kier alpha value is -2.11. The molecule has 0 fully saturated rings. The first-order valence-electron chi connectivity index (χ1n) is 9.22. The van der Waals surface area contributed by atoms with Crippen molar-refractivity contribution in [3.05, 3.63) is 54.1 Å². The van der Waals surface area contributed by atoms with Crippen LogP contribution < -0.4 is 0 Å². The largest absolute Gasteiger partial charge is 0.301 e. The maximum atomic E-state index is 13.2. The molecule has 1 aromatic heterocycles. The molecule has 0 spiro atoms. The monoisotopic (exact) mass is 368 g/mol. The van der Waals surface area contributed by atoms with Crippen LogP contribution in [0.3, 0.4) is 0 Å². The number of aromatic nitrogens is 1. The van der Waals surface area contributed by atoms with Crippen molar-refractivity contribution in [3.63, 3.8) is 0 Å². The molecule has 136 valence electrons. The summed E-state index contributed by atoms with van der Waals surface area (Å²) < 4.78 is 27.9. The molecule has 1 atom stereocenters. The first kappa shape index (κ1) is 17.3. The number of fused-ring (bicyclic) bond motifs is 5. The lowest BCUT2D eigenvalue weighted by molar-refractivity contribution is 0.230. The van der Waals surface area contributed by atoms with E-state index >= 15 is 0 Å². The topological polar surface area (TPSA) is 42.3 Å². The van der Waals surface area contributed by atoms with Gasteiger partial charge in [0, 0.05) is 17.0 Å². The maximum Gasteiger partial charge on any atom is 0.269 e. The summed E-state index contributed by atoms with van der Waals surface area (Å²) in [4.78, 5) is 2.83. The molecule has 1 unspecified atom stereocenters. The van der Waals surface area contributed by atoms with Crippen molar-refractivity contribution in [2.45, 2.75) is 38.1 Å². The van der Waals surface area contributed by atoms with Crippen molar-refractivity contribution in [3.8, 4) is 11.3 Å². The molecule has 4 rings (SSSR count). The molecule has 0 radical (unpaired) electrons. The first-order chi connectivity index (χ1) is 12.5. The second kappa shape index (κ2) is 6.25. The van der Waals surface area contributed by atoms with E-state index in [2.05, 4.69) is 25.7 Å². The van der Waals surface area contributed by atoms with Gasteiger partial charge in [-0.05, 0) is 44.1 Å². The van der Waals surface area contributed by atoms with Crippen molar-refractivity contribution >= 4 is 20.9 Å². The van der Waals surface area contributed by atoms with Crippen molar-refractivity contribution in [1.29, 1.82) is 0 Å². The number of para-hydroxylation sites is 1. The minimum atomic E-state index is -3.53. The van der Waals surface area contributed by atoms with E-state index in [4.69, 9.17) is 0 Å². The van der Waals surface area contributed by atoms with Crippen LogP contribution in [-0.4, -0.2) is 36.4 Å². The van der Waals surface area contributed by atoms with E-state index in [1.807, 2.05) is 36.4 Å². The van der Waals surface area contributed by atoms with Crippen molar-refractivity contribution in [2.75, 3.05) is 13.1 Å². The summed E-state index contributed by atoms with van der Waals surface area (Å²) in [5.41, 5.74) is 3.58. The van der Waals surface area contributed by atoms with Gasteiger partial charge in [0.2, 0.25) is 0 Å². The summed E-state index contributed by atoms with van der Waals surface area (Å²) in [5, 5.41) is 1.04. The Kier molecular flexibility index (Phi) is 4.16. The predicted molar refractivity (Wildman–Crippen MR) is 106 cm³/mol. The Bertz CT molecular complexity index is 1080. The molecule has 2 heterocycles. The molecule has 2 aromatic carbocycles. The van der Waals surface area contributed by atoms with E-state index in [1.54, 1.807) is 16.1 Å². The van der Waals surface area contributed by atoms with Crippen molar-refractivity contribution in [2.24, 2.45) is 0 Å². The Morgan fingerprint density at radius 1 is 1.00 bits per heavy atom. The average molecular weight is 369 g/mol. The number of benzene rings is 2. The molecule has 0 amide bonds. The van der Waals surface area contributed by atoms with Crippen LogP contribution in [-0.2, 0) is 16.4 Å². The third-order valence-electron chi connectivity index (χ3n) is 5.53. The molecule has 1 aliphatic heterocycles. The van der Waals surface area contributed by atoms with Gasteiger partial charge in [0.05, 0.1) is 16.1 Å². The average Bonchev–Trinajstić information content (AvgIpc) is 3.09. The molecule has 4 nitrogen and oxygen atoms in total. The summed E-state index contributed by atoms with van der Waals surface area (Å²) in [5.74, 6) is 0. The molecular formula is C21H24N2O2S. The number of hydrogen-bond donors (Lipinski definition) is 0. The summed E-state index contributed by atoms with van der Waals surface area (Å²) in [6.07, 6.45) is 0.828. The molecule has 0 bridgehead atoms. The lowest BCUT2D eigenvalue weighted by Gasteiger charge is -2.26. The maximum absolute atomic E-state index is 13.2. The standard InChI is InChI=1S/C21H24N2O2S/c1-4-22(5-2)15(3)14-18-16-10-6-8-12-19(16)23-21(18)17-11-7-9-13-20(17)26(23,24)25/h6-13,15H,4-5,14H2,1-3H3. The highest BCUT2D eigenvalue weighted by Gasteiger charge is 2.37. The third-order valence-corrected chi connectivity index (χ3v) is 7.30. The van der Waals surface area contributed by atoms with Gasteiger partial charge in [0.25, 0.3) is 10.0 Å². The smallest absolute Gasteiger partial charge is 0.269 e. The van der Waals surface area contributed by atoms with E-state index in [0.29, 0.717) is 10.9 Å². The fraction of sp³-hybridized carbons (Fsp3) is 0.333. The van der Waals surface area contributed by atoms with Gasteiger partial charge in [-0.2, -0.15) is 0 Å². The highest BCUT2D eigenvalue weighted by molar-refractivity contribution is 7.90. The van der Waals surface area contributed by atoms with Crippen LogP contribution in [0.4, 0.5) is 0 Å². The zero-order chi connectivity index (χ0) is 18.5. The van der Waals surface area contributed by atoms with Gasteiger partial charge in [-0.15, -0.1) is 0 Å². The van der Waals surface area contributed by atoms with Crippen molar-refractivity contribution in [1.82, 2.24) is 8.87 Å². The van der Waals surface area contributed by atoms with Gasteiger partial charge in [0.1, 0.15) is 0 Å². The van der Waals surface area contributed by atoms with Crippen LogP contribution in [0.2, 0.25) is 0 Å². The van der Waals surface area contributed by atoms with Gasteiger partial charge in [-0.25, -0.2) is 12.4 Å². The van der Waals surface area contributed by atoms with E-state index in [1.165, 1.54) is 0 Å². The van der Waals surface area contributed by atoms with E-state index < -0.39 is 10.0 Å². The number of nitrogens with zero attached hydrogens (tertiary/aromatic N) is 2. The third kappa shape index (κ3) is 2.34. The van der Waals surface area contributed by atoms with Crippen LogP contribution in [0.5, 0.6) is 0 Å². The molecule has 0 aliphatic carbocycles. The van der Waals surface area contributed by atoms with Gasteiger partial charge < -0.3 is 4.90 Å². The minimum absolute atomic E-state index is 0.343. The minimum Gasteiger partial charge on any atom is -0.301 e. The Labute approximate surface area is 155 Å². The molecule has 1 aliphatic rings. The van der Waals surface area contributed by atoms with Crippen LogP contribution in [0.1, 0.15) is 26.3 Å². The molecule has 26 heavy (non-hydrogen) atoms. The molecule has 0 saturated heterocycles. The Morgan fingerprint density at radius 2 is 1.65 bits per heavy atom. The fourth-order valence-corrected chi connectivity index (χ4v) is 6.02. The quantitative estimate of drug-likeness (QED) is 0.532. The van der Waals surface area contributed by atoms with Gasteiger partial charge >= 0.3 is 0 Å². The highest BCUT2D eigenvalue weighted by Crippen LogP contribution is 2.45. The van der Waals surface area contributed by atoms with Crippen LogP contribution in [0, 0.1) is 0 Å². The molecule has 0 N–H and O–H groups in total. The lowest BCUT2D eigenvalue weighted by atomic mass is 9.98. The SMILES string of the molecule is CCN(CC)C(C)Cc1c2n(c3ccccc13)S(=O)(=O)c1ccccc1-2. The summed E-state index contributed by atoms with van der Waals surface area (Å²) >= 11 is 0. The molecular weight excluding hydrogens is 344 g/mol. The second-order valence-electron chi connectivity index (χ2n) is 6.88. The number of likely N-dealkylation sites (N-methyl/N-ethyl adjacent to an activating group) is 1. The van der Waals surface area contributed by atoms with Gasteiger partial charge in [0.15, 0.2) is 0 Å². The Balaban J connectivity index is 1.99. The van der Waals surface area contributed by atoms with E-state index in [-0.39, 0.29) is 0 Å². The Morgan fingerprint density at radius 3 is 2.38 bits per heavy atom. The molecule has 5 heteroatoms. The summed E-state index contributed by atoms with van der Waals surface area (Å²) in [6.45, 7) is 8.53. The summed E-state index contributed by atoms with van der Waals surface area (Å²) in [6, 6.07) is 15.5. The van der Waals surface area contributed by atoms with E-state index in [0.717, 1.165) is 47.2 Å². The second-order valence-corrected chi connectivity index (χ2v) is 8.64. The molecule has 0 saturated carbocycles. The van der Waals surface area contributed by atoms with Crippen LogP contribution >= 0.6 is 0 Å². The lowest BCUT2D eigenvalue weighted by Crippen LogP contribution is -2.34. The molecule has 3 aromatic rings. The van der Waals surface area contributed by atoms with Crippen LogP contribution in [0.15, 0.2) is 53.4 Å². The van der Waals surface area contributed by atoms with Crippen LogP contribution in [0.25, 0.3) is 22.2 Å². The van der Waals surface area contributed by atoms with E-state index in [9.17, 15) is 8.42 Å². The summed E-state index contributed by atoms with van der Waals surface area (Å²) in [7, 11) is -3.53.